The Bertz CT molecular complexity index is 1530. The van der Waals surface area contributed by atoms with Gasteiger partial charge in [0, 0.05) is 25.0 Å². The summed E-state index contributed by atoms with van der Waals surface area (Å²) >= 11 is 5.90. The fourth-order valence-electron chi connectivity index (χ4n) is 4.40. The van der Waals surface area contributed by atoms with Crippen molar-refractivity contribution >= 4 is 40.1 Å². The number of aromatic nitrogens is 5. The summed E-state index contributed by atoms with van der Waals surface area (Å²) in [5.41, 5.74) is 3.89. The molecule has 4 heterocycles. The van der Waals surface area contributed by atoms with Gasteiger partial charge in [0.05, 0.1) is 47.1 Å². The van der Waals surface area contributed by atoms with Crippen LogP contribution in [-0.4, -0.2) is 35.6 Å². The highest BCUT2D eigenvalue weighted by Gasteiger charge is 2.26. The predicted octanol–water partition coefficient (Wildman–Crippen LogP) is 3.47. The second-order valence-corrected chi connectivity index (χ2v) is 8.92. The normalized spacial score (nSPS) is 13.7. The fourth-order valence-corrected chi connectivity index (χ4v) is 4.55. The molecule has 0 fully saturated rings. The molecular formula is C24H22ClN7O3. The van der Waals surface area contributed by atoms with Crippen LogP contribution in [0.4, 0.5) is 11.6 Å². The van der Waals surface area contributed by atoms with Crippen LogP contribution in [0.2, 0.25) is 5.15 Å². The molecule has 0 spiro atoms. The summed E-state index contributed by atoms with van der Waals surface area (Å²) in [6.07, 6.45) is 3.31. The number of benzene rings is 1. The van der Waals surface area contributed by atoms with Gasteiger partial charge in [-0.2, -0.15) is 0 Å². The molecule has 0 saturated heterocycles. The van der Waals surface area contributed by atoms with Crippen molar-refractivity contribution in [2.24, 2.45) is 7.05 Å². The van der Waals surface area contributed by atoms with Crippen molar-refractivity contribution in [2.45, 2.75) is 33.0 Å². The summed E-state index contributed by atoms with van der Waals surface area (Å²) in [5.74, 6) is -0.680. The summed E-state index contributed by atoms with van der Waals surface area (Å²) < 4.78 is 1.54. The van der Waals surface area contributed by atoms with Crippen LogP contribution in [0.1, 0.15) is 46.0 Å². The van der Waals surface area contributed by atoms with Gasteiger partial charge in [0.15, 0.2) is 5.69 Å². The number of aryl methyl sites for hydroxylation is 1. The number of pyridine rings is 1. The third kappa shape index (κ3) is 4.06. The number of anilines is 2. The van der Waals surface area contributed by atoms with Crippen molar-refractivity contribution in [1.82, 2.24) is 24.5 Å². The Kier molecular flexibility index (Phi) is 5.60. The van der Waals surface area contributed by atoms with E-state index in [0.717, 1.165) is 22.5 Å². The molecule has 4 aromatic rings. The molecule has 0 unspecified atom stereocenters. The lowest BCUT2D eigenvalue weighted by atomic mass is 10.0. The highest BCUT2D eigenvalue weighted by molar-refractivity contribution is 6.29. The number of hydrogen-bond acceptors (Lipinski definition) is 8. The summed E-state index contributed by atoms with van der Waals surface area (Å²) in [6.45, 7) is 4.79. The summed E-state index contributed by atoms with van der Waals surface area (Å²) in [4.78, 5) is 44.7. The molecule has 1 aliphatic rings. The molecule has 1 aromatic carbocycles. The van der Waals surface area contributed by atoms with Crippen molar-refractivity contribution in [1.29, 1.82) is 0 Å². The van der Waals surface area contributed by atoms with E-state index in [1.165, 1.54) is 6.07 Å². The maximum absolute atomic E-state index is 13.4. The predicted molar refractivity (Wildman–Crippen MR) is 132 cm³/mol. The topological polar surface area (TPSA) is 126 Å². The van der Waals surface area contributed by atoms with Gasteiger partial charge in [0.1, 0.15) is 5.15 Å². The minimum atomic E-state index is -1.19. The van der Waals surface area contributed by atoms with E-state index in [1.54, 1.807) is 30.1 Å². The highest BCUT2D eigenvalue weighted by atomic mass is 35.5. The second-order valence-electron chi connectivity index (χ2n) is 8.53. The van der Waals surface area contributed by atoms with Crippen LogP contribution in [0.5, 0.6) is 0 Å². The minimum absolute atomic E-state index is 0.0898. The van der Waals surface area contributed by atoms with E-state index in [0.29, 0.717) is 35.6 Å². The first-order valence-electron chi connectivity index (χ1n) is 10.9. The second kappa shape index (κ2) is 8.62. The van der Waals surface area contributed by atoms with Crippen molar-refractivity contribution in [3.63, 3.8) is 0 Å². The van der Waals surface area contributed by atoms with Gasteiger partial charge in [0.25, 0.3) is 5.56 Å². The monoisotopic (exact) mass is 491 g/mol. The Morgan fingerprint density at radius 3 is 2.49 bits per heavy atom. The average molecular weight is 492 g/mol. The van der Waals surface area contributed by atoms with E-state index in [9.17, 15) is 14.7 Å². The molecule has 11 heteroatoms. The van der Waals surface area contributed by atoms with Crippen molar-refractivity contribution in [3.05, 3.63) is 80.4 Å². The maximum Gasteiger partial charge on any atom is 0.356 e. The molecule has 0 radical (unpaired) electrons. The first-order chi connectivity index (χ1) is 16.7. The molecule has 5 rings (SSSR count). The van der Waals surface area contributed by atoms with E-state index in [-0.39, 0.29) is 22.4 Å². The maximum atomic E-state index is 13.4. The number of carboxylic acid groups (broad SMARTS) is 1. The van der Waals surface area contributed by atoms with Crippen LogP contribution in [0.25, 0.3) is 10.9 Å². The molecular weight excluding hydrogens is 470 g/mol. The van der Waals surface area contributed by atoms with Gasteiger partial charge < -0.3 is 15.3 Å². The molecule has 0 saturated carbocycles. The SMILES string of the molecule is Cc1cc([C@H](C)Nc2ccc(Cl)nc2C(=O)O)c2nc(N3Cc4nccnc4C3)n(C)c(=O)c2c1. The van der Waals surface area contributed by atoms with Gasteiger partial charge in [0.2, 0.25) is 5.95 Å². The Morgan fingerprint density at radius 2 is 1.83 bits per heavy atom. The molecule has 1 aliphatic heterocycles. The van der Waals surface area contributed by atoms with Crippen LogP contribution in [-0.2, 0) is 20.1 Å². The van der Waals surface area contributed by atoms with Gasteiger partial charge in [-0.3, -0.25) is 19.3 Å². The first-order valence-corrected chi connectivity index (χ1v) is 11.3. The average Bonchev–Trinajstić information content (AvgIpc) is 3.26. The van der Waals surface area contributed by atoms with Crippen LogP contribution in [0, 0.1) is 6.92 Å². The molecule has 10 nitrogen and oxygen atoms in total. The van der Waals surface area contributed by atoms with Gasteiger partial charge in [-0.1, -0.05) is 17.7 Å². The Labute approximate surface area is 205 Å². The first kappa shape index (κ1) is 22.7. The summed E-state index contributed by atoms with van der Waals surface area (Å²) in [5, 5.41) is 13.3. The molecule has 0 aliphatic carbocycles. The van der Waals surface area contributed by atoms with E-state index >= 15 is 0 Å². The standard InChI is InChI=1S/C24H22ClN7O3/c1-12-8-14(13(2)28-16-4-5-19(25)29-21(16)23(34)35)20-15(9-12)22(33)31(3)24(30-20)32-10-17-18(11-32)27-7-6-26-17/h4-9,13,28H,10-11H2,1-3H3,(H,34,35)/t13-/m0/s1. The molecule has 0 bridgehead atoms. The Hall–Kier alpha value is -4.05. The molecule has 35 heavy (non-hydrogen) atoms. The smallest absolute Gasteiger partial charge is 0.356 e. The lowest BCUT2D eigenvalue weighted by Gasteiger charge is -2.22. The number of nitrogens with zero attached hydrogens (tertiary/aromatic N) is 6. The minimum Gasteiger partial charge on any atom is -0.476 e. The zero-order valence-electron chi connectivity index (χ0n) is 19.3. The van der Waals surface area contributed by atoms with Crippen molar-refractivity contribution in [2.75, 3.05) is 10.2 Å². The van der Waals surface area contributed by atoms with Crippen molar-refractivity contribution in [3.8, 4) is 0 Å². The third-order valence-electron chi connectivity index (χ3n) is 6.06. The zero-order valence-corrected chi connectivity index (χ0v) is 20.0. The third-order valence-corrected chi connectivity index (χ3v) is 6.27. The van der Waals surface area contributed by atoms with Crippen LogP contribution < -0.4 is 15.8 Å². The molecule has 1 atom stereocenters. The van der Waals surface area contributed by atoms with E-state index < -0.39 is 5.97 Å². The number of carbonyl (C=O) groups is 1. The van der Waals surface area contributed by atoms with E-state index in [2.05, 4.69) is 20.3 Å². The van der Waals surface area contributed by atoms with Crippen molar-refractivity contribution < 1.29 is 9.90 Å². The van der Waals surface area contributed by atoms with Gasteiger partial charge in [-0.15, -0.1) is 0 Å². The summed E-state index contributed by atoms with van der Waals surface area (Å²) in [6, 6.07) is 6.48. The lowest BCUT2D eigenvalue weighted by molar-refractivity contribution is 0.0691. The zero-order chi connectivity index (χ0) is 24.9. The number of fused-ring (bicyclic) bond motifs is 2. The quantitative estimate of drug-likeness (QED) is 0.403. The fraction of sp³-hybridized carbons (Fsp3) is 0.250. The molecule has 2 N–H and O–H groups in total. The summed E-state index contributed by atoms with van der Waals surface area (Å²) in [7, 11) is 1.70. The molecule has 178 valence electrons. The number of halogens is 1. The van der Waals surface area contributed by atoms with Crippen LogP contribution >= 0.6 is 11.6 Å². The molecule has 3 aromatic heterocycles. The van der Waals surface area contributed by atoms with Crippen LogP contribution in [0.3, 0.4) is 0 Å². The van der Waals surface area contributed by atoms with Crippen LogP contribution in [0.15, 0.2) is 41.5 Å². The number of aromatic carboxylic acids is 1. The van der Waals surface area contributed by atoms with E-state index in [1.807, 2.05) is 30.9 Å². The largest absolute Gasteiger partial charge is 0.476 e. The Balaban J connectivity index is 1.60. The lowest BCUT2D eigenvalue weighted by Crippen LogP contribution is -2.28. The van der Waals surface area contributed by atoms with Gasteiger partial charge >= 0.3 is 5.97 Å². The highest BCUT2D eigenvalue weighted by Crippen LogP contribution is 2.30. The number of nitrogens with one attached hydrogen (secondary N) is 1. The van der Waals surface area contributed by atoms with Gasteiger partial charge in [-0.05, 0) is 37.6 Å². The molecule has 0 amide bonds. The number of rotatable bonds is 5. The van der Waals surface area contributed by atoms with Gasteiger partial charge in [-0.25, -0.2) is 14.8 Å². The Morgan fingerprint density at radius 1 is 1.14 bits per heavy atom. The van der Waals surface area contributed by atoms with E-state index in [4.69, 9.17) is 16.6 Å². The number of carboxylic acids is 1. The number of hydrogen-bond donors (Lipinski definition) is 2.